The van der Waals surface area contributed by atoms with Crippen LogP contribution in [-0.4, -0.2) is 56.0 Å². The van der Waals surface area contributed by atoms with Crippen LogP contribution in [-0.2, 0) is 9.47 Å². The predicted molar refractivity (Wildman–Crippen MR) is 70.1 cm³/mol. The molecular weight excluding hydrogens is 216 g/mol. The number of nitrogens with two attached hydrogens (primary N) is 1. The van der Waals surface area contributed by atoms with Gasteiger partial charge in [-0.25, -0.2) is 0 Å². The third-order valence-electron chi connectivity index (χ3n) is 3.84. The Bertz CT molecular complexity index is 254. The van der Waals surface area contributed by atoms with Crippen molar-refractivity contribution in [1.82, 2.24) is 4.90 Å². The Morgan fingerprint density at radius 3 is 2.24 bits per heavy atom. The Labute approximate surface area is 105 Å². The van der Waals surface area contributed by atoms with Gasteiger partial charge in [-0.05, 0) is 34.7 Å². The fourth-order valence-corrected chi connectivity index (χ4v) is 2.75. The van der Waals surface area contributed by atoms with Crippen LogP contribution in [0.5, 0.6) is 0 Å². The van der Waals surface area contributed by atoms with Gasteiger partial charge >= 0.3 is 0 Å². The minimum atomic E-state index is -0.240. The van der Waals surface area contributed by atoms with Crippen molar-refractivity contribution < 1.29 is 9.47 Å². The van der Waals surface area contributed by atoms with Gasteiger partial charge in [-0.1, -0.05) is 0 Å². The molecule has 2 N–H and O–H groups in total. The minimum absolute atomic E-state index is 0.0718. The van der Waals surface area contributed by atoms with E-state index in [1.807, 2.05) is 0 Å². The molecule has 0 amide bonds. The second-order valence-corrected chi connectivity index (χ2v) is 6.20. The molecule has 1 aliphatic rings. The second-order valence-electron chi connectivity index (χ2n) is 6.20. The highest BCUT2D eigenvalue weighted by Gasteiger charge is 2.52. The van der Waals surface area contributed by atoms with Gasteiger partial charge in [0, 0.05) is 32.2 Å². The Morgan fingerprint density at radius 1 is 1.24 bits per heavy atom. The SMILES string of the molecule is COCCN(C)CC1C(N)C(C)(C)OC1(C)C. The molecule has 1 heterocycles. The number of nitrogens with zero attached hydrogens (tertiary/aromatic N) is 1. The summed E-state index contributed by atoms with van der Waals surface area (Å²) in [6, 6.07) is 0.0718. The monoisotopic (exact) mass is 244 g/mol. The first-order chi connectivity index (χ1) is 7.70. The number of hydrogen-bond acceptors (Lipinski definition) is 4. The molecule has 4 nitrogen and oxygen atoms in total. The highest BCUT2D eigenvalue weighted by molar-refractivity contribution is 5.04. The van der Waals surface area contributed by atoms with Crippen LogP contribution >= 0.6 is 0 Å². The summed E-state index contributed by atoms with van der Waals surface area (Å²) in [5, 5.41) is 0. The van der Waals surface area contributed by atoms with E-state index in [2.05, 4.69) is 39.6 Å². The summed E-state index contributed by atoms with van der Waals surface area (Å²) in [4.78, 5) is 2.26. The van der Waals surface area contributed by atoms with Crippen molar-refractivity contribution >= 4 is 0 Å². The third-order valence-corrected chi connectivity index (χ3v) is 3.84. The van der Waals surface area contributed by atoms with Gasteiger partial charge in [-0.3, -0.25) is 0 Å². The van der Waals surface area contributed by atoms with Crippen molar-refractivity contribution in [2.75, 3.05) is 33.9 Å². The molecule has 1 saturated heterocycles. The smallest absolute Gasteiger partial charge is 0.0788 e. The quantitative estimate of drug-likeness (QED) is 0.786. The van der Waals surface area contributed by atoms with E-state index in [0.717, 1.165) is 19.7 Å². The first kappa shape index (κ1) is 14.9. The van der Waals surface area contributed by atoms with E-state index in [0.29, 0.717) is 5.92 Å². The highest BCUT2D eigenvalue weighted by atomic mass is 16.5. The fraction of sp³-hybridized carbons (Fsp3) is 1.00. The van der Waals surface area contributed by atoms with E-state index in [1.165, 1.54) is 0 Å². The lowest BCUT2D eigenvalue weighted by Gasteiger charge is -2.31. The van der Waals surface area contributed by atoms with Crippen molar-refractivity contribution in [1.29, 1.82) is 0 Å². The first-order valence-electron chi connectivity index (χ1n) is 6.34. The zero-order valence-electron chi connectivity index (χ0n) is 12.1. The summed E-state index contributed by atoms with van der Waals surface area (Å²) in [5.41, 5.74) is 5.92. The standard InChI is InChI=1S/C13H28N2O2/c1-12(2)10(9-15(5)7-8-16-6)11(14)13(3,4)17-12/h10-11H,7-9,14H2,1-6H3. The second kappa shape index (κ2) is 5.22. The molecule has 0 aliphatic carbocycles. The van der Waals surface area contributed by atoms with Gasteiger partial charge in [0.1, 0.15) is 0 Å². The van der Waals surface area contributed by atoms with E-state index in [1.54, 1.807) is 7.11 Å². The Balaban J connectivity index is 2.63. The van der Waals surface area contributed by atoms with E-state index >= 15 is 0 Å². The van der Waals surface area contributed by atoms with Crippen LogP contribution in [0.3, 0.4) is 0 Å². The van der Waals surface area contributed by atoms with Crippen molar-refractivity contribution in [3.05, 3.63) is 0 Å². The summed E-state index contributed by atoms with van der Waals surface area (Å²) in [6.45, 7) is 11.1. The zero-order chi connectivity index (χ0) is 13.3. The molecule has 17 heavy (non-hydrogen) atoms. The molecule has 2 unspecified atom stereocenters. The van der Waals surface area contributed by atoms with E-state index < -0.39 is 0 Å². The zero-order valence-corrected chi connectivity index (χ0v) is 12.1. The molecule has 1 fully saturated rings. The molecule has 0 saturated carbocycles. The summed E-state index contributed by atoms with van der Waals surface area (Å²) in [7, 11) is 3.83. The molecule has 1 aliphatic heterocycles. The summed E-state index contributed by atoms with van der Waals surface area (Å²) >= 11 is 0. The molecule has 4 heteroatoms. The van der Waals surface area contributed by atoms with Crippen molar-refractivity contribution in [2.45, 2.75) is 44.9 Å². The summed E-state index contributed by atoms with van der Waals surface area (Å²) in [6.07, 6.45) is 0. The summed E-state index contributed by atoms with van der Waals surface area (Å²) in [5.74, 6) is 0.347. The maximum atomic E-state index is 6.33. The van der Waals surface area contributed by atoms with Gasteiger partial charge in [0.25, 0.3) is 0 Å². The number of hydrogen-bond donors (Lipinski definition) is 1. The molecule has 2 atom stereocenters. The lowest BCUT2D eigenvalue weighted by Crippen LogP contribution is -2.47. The maximum Gasteiger partial charge on any atom is 0.0788 e. The van der Waals surface area contributed by atoms with Crippen LogP contribution in [0.15, 0.2) is 0 Å². The van der Waals surface area contributed by atoms with Gasteiger partial charge < -0.3 is 20.1 Å². The number of methoxy groups -OCH3 is 1. The maximum absolute atomic E-state index is 6.33. The van der Waals surface area contributed by atoms with Gasteiger partial charge in [0.2, 0.25) is 0 Å². The Kier molecular flexibility index (Phi) is 4.58. The molecule has 0 aromatic carbocycles. The van der Waals surface area contributed by atoms with Crippen molar-refractivity contribution in [3.8, 4) is 0 Å². The van der Waals surface area contributed by atoms with Gasteiger partial charge in [-0.15, -0.1) is 0 Å². The van der Waals surface area contributed by atoms with Gasteiger partial charge in [0.05, 0.1) is 17.8 Å². The molecule has 0 spiro atoms. The minimum Gasteiger partial charge on any atom is -0.383 e. The Hall–Kier alpha value is -0.160. The van der Waals surface area contributed by atoms with E-state index in [9.17, 15) is 0 Å². The lowest BCUT2D eigenvalue weighted by molar-refractivity contribution is -0.0782. The number of likely N-dealkylation sites (N-methyl/N-ethyl adjacent to an activating group) is 1. The molecule has 0 radical (unpaired) electrons. The van der Waals surface area contributed by atoms with Gasteiger partial charge in [0.15, 0.2) is 0 Å². The Morgan fingerprint density at radius 2 is 1.82 bits per heavy atom. The van der Waals surface area contributed by atoms with Crippen LogP contribution in [0.25, 0.3) is 0 Å². The molecule has 0 aromatic rings. The number of rotatable bonds is 5. The molecule has 1 rings (SSSR count). The lowest BCUT2D eigenvalue weighted by atomic mass is 9.83. The molecule has 0 bridgehead atoms. The van der Waals surface area contributed by atoms with Crippen molar-refractivity contribution in [2.24, 2.45) is 11.7 Å². The van der Waals surface area contributed by atoms with Crippen LogP contribution in [0.2, 0.25) is 0 Å². The topological polar surface area (TPSA) is 47.7 Å². The van der Waals surface area contributed by atoms with Crippen molar-refractivity contribution in [3.63, 3.8) is 0 Å². The van der Waals surface area contributed by atoms with Gasteiger partial charge in [-0.2, -0.15) is 0 Å². The average molecular weight is 244 g/mol. The largest absolute Gasteiger partial charge is 0.383 e. The van der Waals surface area contributed by atoms with Crippen LogP contribution < -0.4 is 5.73 Å². The molecule has 0 aromatic heterocycles. The third kappa shape index (κ3) is 3.41. The number of ether oxygens (including phenoxy) is 2. The molecule has 102 valence electrons. The highest BCUT2D eigenvalue weighted by Crippen LogP contribution is 2.41. The van der Waals surface area contributed by atoms with Crippen LogP contribution in [0.4, 0.5) is 0 Å². The molecular formula is C13H28N2O2. The van der Waals surface area contributed by atoms with E-state index in [-0.39, 0.29) is 17.2 Å². The fourth-order valence-electron chi connectivity index (χ4n) is 2.75. The van der Waals surface area contributed by atoms with Crippen LogP contribution in [0, 0.1) is 5.92 Å². The predicted octanol–water partition coefficient (Wildman–Crippen LogP) is 1.10. The normalized spacial score (nSPS) is 31.1. The summed E-state index contributed by atoms with van der Waals surface area (Å²) < 4.78 is 11.2. The van der Waals surface area contributed by atoms with Crippen LogP contribution in [0.1, 0.15) is 27.7 Å². The first-order valence-corrected chi connectivity index (χ1v) is 6.34. The van der Waals surface area contributed by atoms with E-state index in [4.69, 9.17) is 15.2 Å². The average Bonchev–Trinajstić information content (AvgIpc) is 2.33.